The number of benzene rings is 4. The number of rotatable bonds is 10. The lowest BCUT2D eigenvalue weighted by molar-refractivity contribution is 0.101. The molecule has 2 aromatic heterocycles. The van der Waals surface area contributed by atoms with Crippen LogP contribution in [0.1, 0.15) is 268 Å². The first-order chi connectivity index (χ1) is 33.6. The Labute approximate surface area is 437 Å². The second kappa shape index (κ2) is 19.5. The van der Waals surface area contributed by atoms with E-state index in [0.717, 1.165) is 31.3 Å². The second-order valence-electron chi connectivity index (χ2n) is 24.7. The van der Waals surface area contributed by atoms with Gasteiger partial charge in [0.15, 0.2) is 23.1 Å². The monoisotopic (exact) mass is 997 g/mol. The molecule has 6 heteroatoms. The van der Waals surface area contributed by atoms with Crippen LogP contribution in [0.2, 0.25) is 0 Å². The van der Waals surface area contributed by atoms with Crippen molar-refractivity contribution in [3.63, 3.8) is 0 Å². The summed E-state index contributed by atoms with van der Waals surface area (Å²) in [6.45, 7) is 39.9. The van der Waals surface area contributed by atoms with E-state index in [4.69, 9.17) is 0 Å². The summed E-state index contributed by atoms with van der Waals surface area (Å²) in [5.74, 6) is 0.724. The highest BCUT2D eigenvalue weighted by atomic mass is 32.1. The maximum atomic E-state index is 14.8. The second-order valence-corrected chi connectivity index (χ2v) is 26.8. The van der Waals surface area contributed by atoms with Crippen LogP contribution in [-0.2, 0) is 23.7 Å². The predicted molar refractivity (Wildman–Crippen MR) is 303 cm³/mol. The highest BCUT2D eigenvalue weighted by Crippen LogP contribution is 2.39. The zero-order valence-corrected chi connectivity index (χ0v) is 47.9. The van der Waals surface area contributed by atoms with Crippen LogP contribution in [0.3, 0.4) is 0 Å². The first-order valence-corrected chi connectivity index (χ1v) is 28.0. The van der Waals surface area contributed by atoms with Crippen LogP contribution in [0.5, 0.6) is 0 Å². The van der Waals surface area contributed by atoms with E-state index in [9.17, 15) is 19.2 Å². The van der Waals surface area contributed by atoms with E-state index in [1.165, 1.54) is 67.2 Å². The van der Waals surface area contributed by atoms with E-state index in [0.29, 0.717) is 56.0 Å². The molecule has 0 atom stereocenters. The van der Waals surface area contributed by atoms with E-state index < -0.39 is 0 Å². The van der Waals surface area contributed by atoms with Gasteiger partial charge in [-0.2, -0.15) is 0 Å². The van der Waals surface area contributed by atoms with E-state index in [1.807, 2.05) is 36.4 Å². The lowest BCUT2D eigenvalue weighted by Gasteiger charge is -2.23. The SMILES string of the molecule is CC(C)c1cc(C(C)C)c(Cc2c/c(=C3\C(=O)c4ccc(C(C)(C)C)cc4C3=O)s/c2=c2/s/c(=C3/C(=O)c4ccc(C(C)(C)C)cc4C3=O)cc2Cc2c(C(C)C)cc(C(C)C)cc2C(C)C)c(C(C)C)c1. The molecule has 2 aliphatic rings. The third-order valence-electron chi connectivity index (χ3n) is 15.2. The fourth-order valence-electron chi connectivity index (χ4n) is 10.7. The van der Waals surface area contributed by atoms with Crippen molar-refractivity contribution in [1.82, 2.24) is 0 Å². The highest BCUT2D eigenvalue weighted by Gasteiger charge is 2.37. The van der Waals surface area contributed by atoms with Crippen LogP contribution in [0, 0.1) is 9.06 Å². The fourth-order valence-corrected chi connectivity index (χ4v) is 13.4. The molecule has 0 aliphatic heterocycles. The minimum Gasteiger partial charge on any atom is -0.288 e. The number of hydrogen-bond acceptors (Lipinski definition) is 6. The van der Waals surface area contributed by atoms with E-state index in [2.05, 4.69) is 161 Å². The Hall–Kier alpha value is -5.30. The van der Waals surface area contributed by atoms with Crippen LogP contribution in [-0.4, -0.2) is 23.1 Å². The molecule has 72 heavy (non-hydrogen) atoms. The van der Waals surface area contributed by atoms with Crippen molar-refractivity contribution in [2.45, 2.75) is 184 Å². The third-order valence-corrected chi connectivity index (χ3v) is 17.8. The van der Waals surface area contributed by atoms with Gasteiger partial charge >= 0.3 is 0 Å². The molecular formula is C66H76O4S2. The molecule has 0 fully saturated rings. The summed E-state index contributed by atoms with van der Waals surface area (Å²) in [5.41, 5.74) is 16.3. The summed E-state index contributed by atoms with van der Waals surface area (Å²) in [6.07, 6.45) is 1.17. The molecule has 0 bridgehead atoms. The molecule has 0 N–H and O–H groups in total. The Morgan fingerprint density at radius 3 is 0.931 bits per heavy atom. The Bertz CT molecular complexity index is 3170. The number of carbonyl (C=O) groups is 4. The van der Waals surface area contributed by atoms with Crippen molar-refractivity contribution in [2.24, 2.45) is 0 Å². The highest BCUT2D eigenvalue weighted by molar-refractivity contribution is 7.12. The van der Waals surface area contributed by atoms with Crippen LogP contribution >= 0.6 is 22.7 Å². The average Bonchev–Trinajstić information content (AvgIpc) is 4.02. The molecule has 4 nitrogen and oxygen atoms in total. The minimum atomic E-state index is -0.243. The summed E-state index contributed by atoms with van der Waals surface area (Å²) in [7, 11) is 0. The van der Waals surface area contributed by atoms with E-state index in [-0.39, 0.29) is 68.8 Å². The maximum absolute atomic E-state index is 14.8. The van der Waals surface area contributed by atoms with Crippen LogP contribution in [0.25, 0.3) is 11.1 Å². The maximum Gasteiger partial charge on any atom is 0.199 e. The van der Waals surface area contributed by atoms with Gasteiger partial charge in [-0.25, -0.2) is 0 Å². The normalized spacial score (nSPS) is 16.3. The van der Waals surface area contributed by atoms with Crippen molar-refractivity contribution >= 4 is 57.0 Å². The van der Waals surface area contributed by atoms with Crippen LogP contribution in [0.4, 0.5) is 0 Å². The molecular weight excluding hydrogens is 921 g/mol. The zero-order valence-electron chi connectivity index (χ0n) is 46.3. The number of hydrogen-bond donors (Lipinski definition) is 0. The van der Waals surface area contributed by atoms with E-state index in [1.54, 1.807) is 0 Å². The first-order valence-electron chi connectivity index (χ1n) is 26.4. The number of fused-ring (bicyclic) bond motifs is 2. The number of thiophene rings is 2. The smallest absolute Gasteiger partial charge is 0.199 e. The van der Waals surface area contributed by atoms with Gasteiger partial charge in [0.25, 0.3) is 0 Å². The van der Waals surface area contributed by atoms with Gasteiger partial charge in [0.05, 0.1) is 11.1 Å². The van der Waals surface area contributed by atoms with Crippen molar-refractivity contribution in [3.05, 3.63) is 180 Å². The van der Waals surface area contributed by atoms with Gasteiger partial charge in [0, 0.05) is 40.4 Å². The Kier molecular flexibility index (Phi) is 14.4. The molecule has 2 aliphatic carbocycles. The number of ketones is 4. The molecule has 2 heterocycles. The van der Waals surface area contributed by atoms with Gasteiger partial charge in [0.1, 0.15) is 0 Å². The summed E-state index contributed by atoms with van der Waals surface area (Å²) in [6, 6.07) is 25.3. The van der Waals surface area contributed by atoms with Gasteiger partial charge in [-0.3, -0.25) is 19.2 Å². The Balaban J connectivity index is 1.53. The minimum absolute atomic E-state index is 0.207. The molecule has 0 amide bonds. The molecule has 0 saturated heterocycles. The van der Waals surface area contributed by atoms with Gasteiger partial charge < -0.3 is 0 Å². The first kappa shape index (κ1) is 53.0. The molecule has 0 radical (unpaired) electrons. The summed E-state index contributed by atoms with van der Waals surface area (Å²) >= 11 is 3.02. The zero-order chi connectivity index (χ0) is 52.8. The summed E-state index contributed by atoms with van der Waals surface area (Å²) < 4.78 is 3.23. The Morgan fingerprint density at radius 1 is 0.375 bits per heavy atom. The lowest BCUT2D eigenvalue weighted by Crippen LogP contribution is -2.12. The van der Waals surface area contributed by atoms with Crippen LogP contribution in [0.15, 0.2) is 72.8 Å². The van der Waals surface area contributed by atoms with Gasteiger partial charge in [-0.15, -0.1) is 22.7 Å². The largest absolute Gasteiger partial charge is 0.288 e. The predicted octanol–water partition coefficient (Wildman–Crippen LogP) is 16.1. The summed E-state index contributed by atoms with van der Waals surface area (Å²) in [5, 5.41) is 0. The van der Waals surface area contributed by atoms with Crippen molar-refractivity contribution in [3.8, 4) is 0 Å². The van der Waals surface area contributed by atoms with E-state index >= 15 is 0 Å². The van der Waals surface area contributed by atoms with Gasteiger partial charge in [-0.1, -0.05) is 161 Å². The molecule has 8 rings (SSSR count). The molecule has 0 unspecified atom stereocenters. The van der Waals surface area contributed by atoms with Gasteiger partial charge in [-0.05, 0) is 162 Å². The van der Waals surface area contributed by atoms with Crippen molar-refractivity contribution in [2.75, 3.05) is 0 Å². The third kappa shape index (κ3) is 9.68. The Morgan fingerprint density at radius 2 is 0.667 bits per heavy atom. The summed E-state index contributed by atoms with van der Waals surface area (Å²) in [4.78, 5) is 58.9. The quantitative estimate of drug-likeness (QED) is 0.137. The molecule has 4 aromatic carbocycles. The van der Waals surface area contributed by atoms with Crippen molar-refractivity contribution in [1.29, 1.82) is 0 Å². The topological polar surface area (TPSA) is 68.3 Å². The molecule has 0 spiro atoms. The molecule has 0 saturated carbocycles. The van der Waals surface area contributed by atoms with Gasteiger partial charge in [0.2, 0.25) is 0 Å². The standard InChI is InChI=1S/C66H76O4S2/c1-33(2)39-23-47(35(5)6)51(48(24-39)36(7)8)27-41-29-55(57-59(67)45-21-19-43(65(13,14)15)31-53(45)61(57)69)71-63(41)64-42(28-52-49(37(9)10)25-40(34(3)4)26-50(52)38(11)12)30-56(72-64)58-60(68)46-22-20-44(66(16,17)18)32-54(46)62(58)70/h19-26,29-38H,27-28H2,1-18H3/b57-55-,58-56-,64-63+. The fraction of sp³-hybridized carbons (Fsp3) is 0.424. The molecule has 6 aromatic rings. The van der Waals surface area contributed by atoms with Crippen LogP contribution < -0.4 is 9.06 Å². The number of carbonyl (C=O) groups excluding carboxylic acids is 4. The lowest BCUT2D eigenvalue weighted by atomic mass is 9.82. The average molecular weight is 997 g/mol. The molecule has 376 valence electrons. The number of Topliss-reactive ketones (excluding diaryl/α,β-unsaturated/α-hetero) is 4. The van der Waals surface area contributed by atoms with Crippen molar-refractivity contribution < 1.29 is 19.2 Å².